The number of carbonyl (C=O) groups is 1. The van der Waals surface area contributed by atoms with Crippen molar-refractivity contribution >= 4 is 5.91 Å². The van der Waals surface area contributed by atoms with Gasteiger partial charge in [0, 0.05) is 25.5 Å². The molecular weight excluding hydrogens is 296 g/mol. The molecule has 7 heteroatoms. The van der Waals surface area contributed by atoms with Crippen LogP contribution in [0.3, 0.4) is 0 Å². The third-order valence-electron chi connectivity index (χ3n) is 4.57. The fourth-order valence-corrected chi connectivity index (χ4v) is 3.49. The average Bonchev–Trinajstić information content (AvgIpc) is 3.22. The summed E-state index contributed by atoms with van der Waals surface area (Å²) in [5.74, 6) is 1.19. The SMILES string of the molecule is Cc1noc([C@H]2C[C@H]3OCC[C@H]3N(C(=O)c3cccnc3)C2)n1. The number of hydrogen-bond acceptors (Lipinski definition) is 6. The van der Waals surface area contributed by atoms with Gasteiger partial charge in [-0.1, -0.05) is 5.16 Å². The molecule has 2 fully saturated rings. The summed E-state index contributed by atoms with van der Waals surface area (Å²) in [6.45, 7) is 3.05. The molecule has 7 nitrogen and oxygen atoms in total. The van der Waals surface area contributed by atoms with Crippen molar-refractivity contribution in [2.75, 3.05) is 13.2 Å². The van der Waals surface area contributed by atoms with E-state index in [-0.39, 0.29) is 24.0 Å². The summed E-state index contributed by atoms with van der Waals surface area (Å²) in [6.07, 6.45) is 4.98. The van der Waals surface area contributed by atoms with Crippen molar-refractivity contribution in [3.05, 3.63) is 41.8 Å². The van der Waals surface area contributed by atoms with E-state index in [1.807, 2.05) is 4.90 Å². The van der Waals surface area contributed by atoms with E-state index in [1.165, 1.54) is 0 Å². The summed E-state index contributed by atoms with van der Waals surface area (Å²) in [5.41, 5.74) is 0.598. The number of nitrogens with zero attached hydrogens (tertiary/aromatic N) is 4. The lowest BCUT2D eigenvalue weighted by Gasteiger charge is -2.39. The predicted octanol–water partition coefficient (Wildman–Crippen LogP) is 1.56. The standard InChI is InChI=1S/C16H18N4O3/c1-10-18-15(23-19-10)12-7-14-13(4-6-22-14)20(9-12)16(21)11-3-2-5-17-8-11/h2-3,5,8,12-14H,4,6-7,9H2,1H3/t12-,13+,14+/m0/s1. The minimum atomic E-state index is -0.0143. The second-order valence-electron chi connectivity index (χ2n) is 6.08. The summed E-state index contributed by atoms with van der Waals surface area (Å²) in [4.78, 5) is 23.2. The first-order valence-corrected chi connectivity index (χ1v) is 7.85. The topological polar surface area (TPSA) is 81.4 Å². The summed E-state index contributed by atoms with van der Waals surface area (Å²) < 4.78 is 11.2. The Balaban J connectivity index is 1.62. The Kier molecular flexibility index (Phi) is 3.57. The van der Waals surface area contributed by atoms with E-state index in [0.29, 0.717) is 30.4 Å². The maximum absolute atomic E-state index is 12.9. The van der Waals surface area contributed by atoms with Gasteiger partial charge >= 0.3 is 0 Å². The van der Waals surface area contributed by atoms with Crippen molar-refractivity contribution in [1.29, 1.82) is 0 Å². The molecule has 0 spiro atoms. The lowest BCUT2D eigenvalue weighted by molar-refractivity contribution is 0.0124. The number of ether oxygens (including phenoxy) is 1. The molecule has 3 atom stereocenters. The zero-order valence-corrected chi connectivity index (χ0v) is 12.9. The van der Waals surface area contributed by atoms with Gasteiger partial charge in [-0.15, -0.1) is 0 Å². The highest BCUT2D eigenvalue weighted by atomic mass is 16.5. The fraction of sp³-hybridized carbons (Fsp3) is 0.500. The molecule has 2 aliphatic heterocycles. The van der Waals surface area contributed by atoms with Crippen LogP contribution >= 0.6 is 0 Å². The zero-order valence-electron chi connectivity index (χ0n) is 12.9. The van der Waals surface area contributed by atoms with Crippen LogP contribution in [0.4, 0.5) is 0 Å². The largest absolute Gasteiger partial charge is 0.376 e. The molecule has 0 N–H and O–H groups in total. The van der Waals surface area contributed by atoms with Crippen LogP contribution in [0.5, 0.6) is 0 Å². The first-order valence-electron chi connectivity index (χ1n) is 7.85. The normalized spacial score (nSPS) is 27.0. The predicted molar refractivity (Wildman–Crippen MR) is 79.8 cm³/mol. The number of rotatable bonds is 2. The molecule has 120 valence electrons. The summed E-state index contributed by atoms with van der Waals surface area (Å²) in [7, 11) is 0. The molecule has 0 radical (unpaired) electrons. The van der Waals surface area contributed by atoms with E-state index in [9.17, 15) is 4.79 Å². The van der Waals surface area contributed by atoms with Crippen LogP contribution in [0.2, 0.25) is 0 Å². The van der Waals surface area contributed by atoms with Crippen LogP contribution in [0.15, 0.2) is 29.0 Å². The summed E-state index contributed by atoms with van der Waals surface area (Å²) >= 11 is 0. The third-order valence-corrected chi connectivity index (χ3v) is 4.57. The van der Waals surface area contributed by atoms with Crippen molar-refractivity contribution in [3.8, 4) is 0 Å². The maximum atomic E-state index is 12.9. The van der Waals surface area contributed by atoms with Crippen molar-refractivity contribution < 1.29 is 14.1 Å². The van der Waals surface area contributed by atoms with Gasteiger partial charge in [-0.2, -0.15) is 4.98 Å². The number of pyridine rings is 1. The first-order chi connectivity index (χ1) is 11.2. The second-order valence-corrected chi connectivity index (χ2v) is 6.08. The first kappa shape index (κ1) is 14.3. The Hall–Kier alpha value is -2.28. The van der Waals surface area contributed by atoms with Gasteiger partial charge in [0.1, 0.15) is 0 Å². The van der Waals surface area contributed by atoms with E-state index in [0.717, 1.165) is 12.8 Å². The average molecular weight is 314 g/mol. The van der Waals surface area contributed by atoms with Crippen LogP contribution in [0, 0.1) is 6.92 Å². The molecule has 0 saturated carbocycles. The number of hydrogen-bond donors (Lipinski definition) is 0. The van der Waals surface area contributed by atoms with Gasteiger partial charge in [0.25, 0.3) is 5.91 Å². The van der Waals surface area contributed by atoms with Crippen molar-refractivity contribution in [3.63, 3.8) is 0 Å². The highest BCUT2D eigenvalue weighted by Gasteiger charge is 2.44. The number of likely N-dealkylation sites (tertiary alicyclic amines) is 1. The van der Waals surface area contributed by atoms with Gasteiger partial charge in [0.05, 0.1) is 23.6 Å². The molecule has 2 aromatic heterocycles. The number of fused-ring (bicyclic) bond motifs is 1. The number of aromatic nitrogens is 3. The fourth-order valence-electron chi connectivity index (χ4n) is 3.49. The van der Waals surface area contributed by atoms with Crippen LogP contribution in [0.1, 0.15) is 40.8 Å². The van der Waals surface area contributed by atoms with E-state index in [2.05, 4.69) is 15.1 Å². The minimum Gasteiger partial charge on any atom is -0.376 e. The molecule has 2 saturated heterocycles. The van der Waals surface area contributed by atoms with Crippen molar-refractivity contribution in [1.82, 2.24) is 20.0 Å². The van der Waals surface area contributed by atoms with Crippen LogP contribution in [0.25, 0.3) is 0 Å². The van der Waals surface area contributed by atoms with Crippen LogP contribution in [-0.4, -0.2) is 51.2 Å². The molecule has 4 heterocycles. The molecule has 0 bridgehead atoms. The van der Waals surface area contributed by atoms with Crippen LogP contribution < -0.4 is 0 Å². The number of amides is 1. The molecule has 23 heavy (non-hydrogen) atoms. The molecule has 1 amide bonds. The molecule has 4 rings (SSSR count). The van der Waals surface area contributed by atoms with E-state index in [1.54, 1.807) is 31.5 Å². The molecule has 2 aliphatic rings. The lowest BCUT2D eigenvalue weighted by atomic mass is 9.89. The minimum absolute atomic E-state index is 0.0103. The van der Waals surface area contributed by atoms with Gasteiger partial charge in [0.15, 0.2) is 5.82 Å². The van der Waals surface area contributed by atoms with Gasteiger partial charge in [0.2, 0.25) is 5.89 Å². The third kappa shape index (κ3) is 2.61. The monoisotopic (exact) mass is 314 g/mol. The highest BCUT2D eigenvalue weighted by Crippen LogP contribution is 2.36. The maximum Gasteiger partial charge on any atom is 0.255 e. The quantitative estimate of drug-likeness (QED) is 0.837. The van der Waals surface area contributed by atoms with E-state index >= 15 is 0 Å². The number of piperidine rings is 1. The van der Waals surface area contributed by atoms with Gasteiger partial charge in [-0.05, 0) is 31.9 Å². The molecule has 0 unspecified atom stereocenters. The highest BCUT2D eigenvalue weighted by molar-refractivity contribution is 5.94. The van der Waals surface area contributed by atoms with Crippen LogP contribution in [-0.2, 0) is 4.74 Å². The Morgan fingerprint density at radius 3 is 3.09 bits per heavy atom. The molecule has 0 aromatic carbocycles. The lowest BCUT2D eigenvalue weighted by Crippen LogP contribution is -2.51. The Morgan fingerprint density at radius 1 is 1.43 bits per heavy atom. The molecule has 2 aromatic rings. The Morgan fingerprint density at radius 2 is 2.35 bits per heavy atom. The summed E-state index contributed by atoms with van der Waals surface area (Å²) in [6, 6.07) is 3.68. The summed E-state index contributed by atoms with van der Waals surface area (Å²) in [5, 5.41) is 3.87. The Labute approximate surface area is 133 Å². The molecular formula is C16H18N4O3. The van der Waals surface area contributed by atoms with Gasteiger partial charge in [-0.25, -0.2) is 0 Å². The Bertz CT molecular complexity index is 702. The van der Waals surface area contributed by atoms with E-state index < -0.39 is 0 Å². The van der Waals surface area contributed by atoms with Crippen molar-refractivity contribution in [2.24, 2.45) is 0 Å². The number of carbonyl (C=O) groups excluding carboxylic acids is 1. The zero-order chi connectivity index (χ0) is 15.8. The smallest absolute Gasteiger partial charge is 0.255 e. The number of aryl methyl sites for hydroxylation is 1. The second kappa shape index (κ2) is 5.73. The van der Waals surface area contributed by atoms with E-state index in [4.69, 9.17) is 9.26 Å². The molecule has 0 aliphatic carbocycles. The van der Waals surface area contributed by atoms with Gasteiger partial charge in [-0.3, -0.25) is 9.78 Å². The van der Waals surface area contributed by atoms with Gasteiger partial charge < -0.3 is 14.2 Å². The van der Waals surface area contributed by atoms with Crippen molar-refractivity contribution in [2.45, 2.75) is 37.8 Å².